The molecule has 0 spiro atoms. The number of hydrogen-bond acceptors (Lipinski definition) is 3. The van der Waals surface area contributed by atoms with Crippen molar-refractivity contribution in [1.82, 2.24) is 10.3 Å². The average Bonchev–Trinajstić information content (AvgIpc) is 2.48. The van der Waals surface area contributed by atoms with Crippen LogP contribution in [0.25, 0.3) is 0 Å². The van der Waals surface area contributed by atoms with Crippen molar-refractivity contribution >= 4 is 46.7 Å². The number of halogens is 3. The molecule has 0 saturated heterocycles. The van der Waals surface area contributed by atoms with E-state index in [4.69, 9.17) is 5.73 Å². The molecule has 0 saturated carbocycles. The fraction of sp³-hybridized carbons (Fsp3) is 0.250. The smallest absolute Gasteiger partial charge is 0.244 e. The third-order valence-corrected chi connectivity index (χ3v) is 3.98. The SMILES string of the molecule is C[C@H](NC(=O)C(C)(N)c1ccc(Br)cc1)c1cccnc1.Cl.Cl. The van der Waals surface area contributed by atoms with Crippen molar-refractivity contribution in [2.24, 2.45) is 5.73 Å². The van der Waals surface area contributed by atoms with Gasteiger partial charge in [-0.05, 0) is 43.2 Å². The van der Waals surface area contributed by atoms with Crippen LogP contribution in [0.3, 0.4) is 0 Å². The van der Waals surface area contributed by atoms with Crippen molar-refractivity contribution < 1.29 is 4.79 Å². The first-order valence-electron chi connectivity index (χ1n) is 6.67. The summed E-state index contributed by atoms with van der Waals surface area (Å²) in [6.45, 7) is 3.62. The van der Waals surface area contributed by atoms with Gasteiger partial charge in [-0.2, -0.15) is 0 Å². The molecule has 0 aliphatic rings. The molecule has 1 amide bonds. The number of aromatic nitrogens is 1. The number of rotatable bonds is 4. The number of hydrogen-bond donors (Lipinski definition) is 2. The Kier molecular flexibility index (Phi) is 8.77. The number of nitrogens with one attached hydrogen (secondary N) is 1. The van der Waals surface area contributed by atoms with E-state index in [2.05, 4.69) is 26.2 Å². The zero-order valence-electron chi connectivity index (χ0n) is 12.8. The predicted molar refractivity (Wildman–Crippen MR) is 101 cm³/mol. The van der Waals surface area contributed by atoms with Crippen molar-refractivity contribution in [1.29, 1.82) is 0 Å². The van der Waals surface area contributed by atoms with Gasteiger partial charge in [0, 0.05) is 16.9 Å². The molecule has 0 aliphatic heterocycles. The van der Waals surface area contributed by atoms with Gasteiger partial charge in [-0.3, -0.25) is 9.78 Å². The maximum Gasteiger partial charge on any atom is 0.244 e. The first-order chi connectivity index (χ1) is 9.91. The normalized spacial score (nSPS) is 13.7. The van der Waals surface area contributed by atoms with Gasteiger partial charge in [-0.1, -0.05) is 34.1 Å². The number of nitrogens with two attached hydrogens (primary N) is 1. The number of benzene rings is 1. The Hall–Kier alpha value is -1.14. The van der Waals surface area contributed by atoms with Crippen LogP contribution in [0.15, 0.2) is 53.3 Å². The number of nitrogens with zero attached hydrogens (tertiary/aromatic N) is 1. The monoisotopic (exact) mass is 419 g/mol. The molecule has 4 nitrogen and oxygen atoms in total. The van der Waals surface area contributed by atoms with E-state index in [-0.39, 0.29) is 36.8 Å². The molecule has 2 rings (SSSR count). The summed E-state index contributed by atoms with van der Waals surface area (Å²) < 4.78 is 0.950. The van der Waals surface area contributed by atoms with Crippen LogP contribution in [0.1, 0.15) is 31.0 Å². The molecule has 0 bridgehead atoms. The van der Waals surface area contributed by atoms with Gasteiger partial charge in [0.2, 0.25) is 5.91 Å². The summed E-state index contributed by atoms with van der Waals surface area (Å²) in [6, 6.07) is 11.1. The maximum absolute atomic E-state index is 12.5. The summed E-state index contributed by atoms with van der Waals surface area (Å²) in [5, 5.41) is 2.93. The van der Waals surface area contributed by atoms with Crippen LogP contribution in [-0.2, 0) is 10.3 Å². The predicted octanol–water partition coefficient (Wildman–Crippen LogP) is 3.74. The van der Waals surface area contributed by atoms with Gasteiger partial charge in [-0.25, -0.2) is 0 Å². The van der Waals surface area contributed by atoms with Gasteiger partial charge < -0.3 is 11.1 Å². The maximum atomic E-state index is 12.5. The lowest BCUT2D eigenvalue weighted by molar-refractivity contribution is -0.126. The fourth-order valence-corrected chi connectivity index (χ4v) is 2.25. The molecule has 3 N–H and O–H groups in total. The highest BCUT2D eigenvalue weighted by Crippen LogP contribution is 2.22. The second-order valence-electron chi connectivity index (χ2n) is 5.19. The largest absolute Gasteiger partial charge is 0.348 e. The van der Waals surface area contributed by atoms with Crippen LogP contribution in [0.5, 0.6) is 0 Å². The van der Waals surface area contributed by atoms with E-state index in [0.29, 0.717) is 0 Å². The molecule has 1 aromatic heterocycles. The lowest BCUT2D eigenvalue weighted by Crippen LogP contribution is -2.49. The summed E-state index contributed by atoms with van der Waals surface area (Å²) in [5.41, 5.74) is 6.84. The quantitative estimate of drug-likeness (QED) is 0.791. The van der Waals surface area contributed by atoms with Crippen molar-refractivity contribution in [3.8, 4) is 0 Å². The minimum atomic E-state index is -1.09. The Bertz CT molecular complexity index is 621. The second kappa shape index (κ2) is 9.23. The number of amides is 1. The lowest BCUT2D eigenvalue weighted by Gasteiger charge is -2.26. The molecule has 0 aliphatic carbocycles. The van der Waals surface area contributed by atoms with E-state index in [9.17, 15) is 4.79 Å². The Morgan fingerprint density at radius 2 is 1.87 bits per heavy atom. The van der Waals surface area contributed by atoms with Crippen LogP contribution in [-0.4, -0.2) is 10.9 Å². The minimum Gasteiger partial charge on any atom is -0.348 e. The van der Waals surface area contributed by atoms with Gasteiger partial charge in [-0.15, -0.1) is 24.8 Å². The summed E-state index contributed by atoms with van der Waals surface area (Å²) >= 11 is 3.37. The fourth-order valence-electron chi connectivity index (χ4n) is 1.99. The molecule has 23 heavy (non-hydrogen) atoms. The van der Waals surface area contributed by atoms with E-state index in [1.165, 1.54) is 0 Å². The first-order valence-corrected chi connectivity index (χ1v) is 7.46. The van der Waals surface area contributed by atoms with Crippen LogP contribution < -0.4 is 11.1 Å². The van der Waals surface area contributed by atoms with Crippen molar-refractivity contribution in [3.05, 3.63) is 64.4 Å². The number of carbonyl (C=O) groups is 1. The minimum absolute atomic E-state index is 0. The van der Waals surface area contributed by atoms with E-state index in [0.717, 1.165) is 15.6 Å². The van der Waals surface area contributed by atoms with Crippen LogP contribution in [0, 0.1) is 0 Å². The second-order valence-corrected chi connectivity index (χ2v) is 6.11. The summed E-state index contributed by atoms with van der Waals surface area (Å²) in [4.78, 5) is 16.5. The van der Waals surface area contributed by atoms with Gasteiger partial charge in [0.15, 0.2) is 0 Å². The third kappa shape index (κ3) is 5.46. The Morgan fingerprint density at radius 3 is 2.39 bits per heavy atom. The van der Waals surface area contributed by atoms with Crippen LogP contribution in [0.4, 0.5) is 0 Å². The van der Waals surface area contributed by atoms with Crippen molar-refractivity contribution in [2.45, 2.75) is 25.4 Å². The third-order valence-electron chi connectivity index (χ3n) is 3.45. The summed E-state index contributed by atoms with van der Waals surface area (Å²) in [5.74, 6) is -0.221. The molecular weight excluding hydrogens is 401 g/mol. The molecule has 2 aromatic rings. The molecule has 7 heteroatoms. The molecule has 0 fully saturated rings. The van der Waals surface area contributed by atoms with E-state index in [1.54, 1.807) is 19.3 Å². The Labute approximate surface area is 157 Å². The summed E-state index contributed by atoms with van der Waals surface area (Å²) in [6.07, 6.45) is 3.44. The number of pyridine rings is 1. The van der Waals surface area contributed by atoms with Crippen molar-refractivity contribution in [2.75, 3.05) is 0 Å². The Morgan fingerprint density at radius 1 is 1.26 bits per heavy atom. The topological polar surface area (TPSA) is 68.0 Å². The standard InChI is InChI=1S/C16H18BrN3O.2ClH/c1-11(12-4-3-9-19-10-12)20-15(21)16(2,18)13-5-7-14(17)8-6-13;;/h3-11H,18H2,1-2H3,(H,20,21);2*1H/t11-,16?;;/m0../s1. The van der Waals surface area contributed by atoms with E-state index < -0.39 is 5.54 Å². The first kappa shape index (κ1) is 21.9. The van der Waals surface area contributed by atoms with Gasteiger partial charge >= 0.3 is 0 Å². The molecule has 1 heterocycles. The number of carbonyl (C=O) groups excluding carboxylic acids is 1. The molecule has 2 atom stereocenters. The van der Waals surface area contributed by atoms with Gasteiger partial charge in [0.05, 0.1) is 6.04 Å². The van der Waals surface area contributed by atoms with Crippen LogP contribution >= 0.6 is 40.7 Å². The Balaban J connectivity index is 0.00000242. The molecule has 0 radical (unpaired) electrons. The van der Waals surface area contributed by atoms with Crippen LogP contribution in [0.2, 0.25) is 0 Å². The molecular formula is C16H20BrCl2N3O. The lowest BCUT2D eigenvalue weighted by atomic mass is 9.92. The van der Waals surface area contributed by atoms with Crippen molar-refractivity contribution in [3.63, 3.8) is 0 Å². The zero-order chi connectivity index (χ0) is 15.5. The van der Waals surface area contributed by atoms with E-state index in [1.807, 2.05) is 43.3 Å². The highest BCUT2D eigenvalue weighted by atomic mass is 79.9. The molecule has 1 unspecified atom stereocenters. The van der Waals surface area contributed by atoms with Gasteiger partial charge in [0.1, 0.15) is 5.54 Å². The highest BCUT2D eigenvalue weighted by molar-refractivity contribution is 9.10. The molecule has 1 aromatic carbocycles. The summed E-state index contributed by atoms with van der Waals surface area (Å²) in [7, 11) is 0. The van der Waals surface area contributed by atoms with E-state index >= 15 is 0 Å². The highest BCUT2D eigenvalue weighted by Gasteiger charge is 2.31. The van der Waals surface area contributed by atoms with Gasteiger partial charge in [0.25, 0.3) is 0 Å². The average molecular weight is 421 g/mol. The molecule has 126 valence electrons. The zero-order valence-corrected chi connectivity index (χ0v) is 16.0.